The van der Waals surface area contributed by atoms with Crippen molar-refractivity contribution in [1.82, 2.24) is 10.2 Å². The van der Waals surface area contributed by atoms with Crippen molar-refractivity contribution in [2.24, 2.45) is 0 Å². The van der Waals surface area contributed by atoms with Gasteiger partial charge in [-0.25, -0.2) is 4.39 Å². The number of halogens is 1. The highest BCUT2D eigenvalue weighted by atomic mass is 19.1. The monoisotopic (exact) mass is 293 g/mol. The van der Waals surface area contributed by atoms with Crippen LogP contribution in [-0.4, -0.2) is 35.8 Å². The number of carbonyl (C=O) groups is 2. The van der Waals surface area contributed by atoms with Crippen molar-refractivity contribution in [2.75, 3.05) is 18.8 Å². The predicted molar refractivity (Wildman–Crippen MR) is 78.2 cm³/mol. The van der Waals surface area contributed by atoms with E-state index in [1.165, 1.54) is 18.2 Å². The molecule has 1 aliphatic heterocycles. The maximum Gasteiger partial charge on any atom is 0.256 e. The highest BCUT2D eigenvalue weighted by Crippen LogP contribution is 2.20. The fourth-order valence-electron chi connectivity index (χ4n) is 2.45. The molecule has 6 heteroatoms. The average molecular weight is 293 g/mol. The molecule has 0 spiro atoms. The number of carbonyl (C=O) groups excluding carboxylic acids is 2. The van der Waals surface area contributed by atoms with Gasteiger partial charge in [0.25, 0.3) is 5.91 Å². The van der Waals surface area contributed by atoms with Crippen molar-refractivity contribution >= 4 is 17.5 Å². The third kappa shape index (κ3) is 3.51. The fourth-order valence-corrected chi connectivity index (χ4v) is 2.45. The number of hydrogen-bond donors (Lipinski definition) is 2. The van der Waals surface area contributed by atoms with Crippen LogP contribution in [0.1, 0.15) is 36.5 Å². The van der Waals surface area contributed by atoms with Crippen LogP contribution >= 0.6 is 0 Å². The van der Waals surface area contributed by atoms with E-state index in [9.17, 15) is 14.0 Å². The van der Waals surface area contributed by atoms with E-state index in [0.717, 1.165) is 0 Å². The zero-order valence-corrected chi connectivity index (χ0v) is 12.1. The van der Waals surface area contributed by atoms with Crippen LogP contribution in [0.2, 0.25) is 0 Å². The zero-order chi connectivity index (χ0) is 15.4. The number of benzene rings is 1. The van der Waals surface area contributed by atoms with Crippen molar-refractivity contribution in [3.05, 3.63) is 29.6 Å². The highest BCUT2D eigenvalue weighted by Gasteiger charge is 2.25. The molecule has 0 radical (unpaired) electrons. The molecule has 1 fully saturated rings. The SMILES string of the molecule is CCC(=O)NC1CCN(C(=O)c2cccc(F)c2N)CC1. The molecule has 114 valence electrons. The van der Waals surface area contributed by atoms with Gasteiger partial charge in [-0.2, -0.15) is 0 Å². The molecule has 0 bridgehead atoms. The molecule has 3 N–H and O–H groups in total. The first-order chi connectivity index (χ1) is 10.0. The molecule has 1 heterocycles. The lowest BCUT2D eigenvalue weighted by Crippen LogP contribution is -2.46. The molecule has 5 nitrogen and oxygen atoms in total. The lowest BCUT2D eigenvalue weighted by atomic mass is 10.0. The lowest BCUT2D eigenvalue weighted by molar-refractivity contribution is -0.121. The Labute approximate surface area is 123 Å². The van der Waals surface area contributed by atoms with Crippen LogP contribution in [0.15, 0.2) is 18.2 Å². The number of para-hydroxylation sites is 1. The summed E-state index contributed by atoms with van der Waals surface area (Å²) in [6.45, 7) is 2.87. The largest absolute Gasteiger partial charge is 0.396 e. The number of rotatable bonds is 3. The van der Waals surface area contributed by atoms with Crippen LogP contribution < -0.4 is 11.1 Å². The normalized spacial score (nSPS) is 15.8. The van der Waals surface area contributed by atoms with Gasteiger partial charge >= 0.3 is 0 Å². The lowest BCUT2D eigenvalue weighted by Gasteiger charge is -2.32. The third-order valence-electron chi connectivity index (χ3n) is 3.75. The first-order valence-corrected chi connectivity index (χ1v) is 7.15. The number of anilines is 1. The second kappa shape index (κ2) is 6.56. The number of amides is 2. The quantitative estimate of drug-likeness (QED) is 0.830. The molecule has 2 amide bonds. The minimum Gasteiger partial charge on any atom is -0.396 e. The van der Waals surface area contributed by atoms with Gasteiger partial charge < -0.3 is 16.0 Å². The number of nitrogens with zero attached hydrogens (tertiary/aromatic N) is 1. The fraction of sp³-hybridized carbons (Fsp3) is 0.467. The van der Waals surface area contributed by atoms with Crippen molar-refractivity contribution in [3.8, 4) is 0 Å². The smallest absolute Gasteiger partial charge is 0.256 e. The van der Waals surface area contributed by atoms with Gasteiger partial charge in [-0.3, -0.25) is 9.59 Å². The first kappa shape index (κ1) is 15.3. The summed E-state index contributed by atoms with van der Waals surface area (Å²) in [5.74, 6) is -0.813. The number of nitrogens with two attached hydrogens (primary N) is 1. The van der Waals surface area contributed by atoms with E-state index in [1.807, 2.05) is 0 Å². The molecule has 1 saturated heterocycles. The maximum atomic E-state index is 13.4. The van der Waals surface area contributed by atoms with E-state index in [4.69, 9.17) is 5.73 Å². The Morgan fingerprint density at radius 3 is 2.67 bits per heavy atom. The molecule has 0 atom stereocenters. The van der Waals surface area contributed by atoms with Crippen LogP contribution in [-0.2, 0) is 4.79 Å². The van der Waals surface area contributed by atoms with Gasteiger partial charge in [-0.05, 0) is 25.0 Å². The molecule has 0 saturated carbocycles. The Bertz CT molecular complexity index is 540. The molecule has 2 rings (SSSR count). The summed E-state index contributed by atoms with van der Waals surface area (Å²) in [5, 5.41) is 2.93. The van der Waals surface area contributed by atoms with Gasteiger partial charge in [0.05, 0.1) is 11.3 Å². The molecule has 0 aromatic heterocycles. The second-order valence-electron chi connectivity index (χ2n) is 5.19. The molecular formula is C15H20FN3O2. The maximum absolute atomic E-state index is 13.4. The Morgan fingerprint density at radius 2 is 2.05 bits per heavy atom. The van der Waals surface area contributed by atoms with Crippen molar-refractivity contribution in [1.29, 1.82) is 0 Å². The second-order valence-corrected chi connectivity index (χ2v) is 5.19. The molecule has 1 aromatic rings. The minimum atomic E-state index is -0.578. The number of piperidine rings is 1. The molecule has 0 aliphatic carbocycles. The van der Waals surface area contributed by atoms with Crippen LogP contribution in [0.4, 0.5) is 10.1 Å². The van der Waals surface area contributed by atoms with Crippen LogP contribution in [0.25, 0.3) is 0 Å². The molecule has 1 aromatic carbocycles. The first-order valence-electron chi connectivity index (χ1n) is 7.15. The van der Waals surface area contributed by atoms with Crippen LogP contribution in [0.3, 0.4) is 0 Å². The van der Waals surface area contributed by atoms with Crippen molar-refractivity contribution in [3.63, 3.8) is 0 Å². The van der Waals surface area contributed by atoms with Gasteiger partial charge in [0.15, 0.2) is 0 Å². The predicted octanol–water partition coefficient (Wildman–Crippen LogP) is 1.54. The van der Waals surface area contributed by atoms with Gasteiger partial charge in [-0.1, -0.05) is 13.0 Å². The summed E-state index contributed by atoms with van der Waals surface area (Å²) < 4.78 is 13.4. The summed E-state index contributed by atoms with van der Waals surface area (Å²) >= 11 is 0. The van der Waals surface area contributed by atoms with Gasteiger partial charge in [-0.15, -0.1) is 0 Å². The van der Waals surface area contributed by atoms with Crippen LogP contribution in [0.5, 0.6) is 0 Å². The van der Waals surface area contributed by atoms with Crippen molar-refractivity contribution < 1.29 is 14.0 Å². The Hall–Kier alpha value is -2.11. The van der Waals surface area contributed by atoms with Crippen molar-refractivity contribution in [2.45, 2.75) is 32.2 Å². The Balaban J connectivity index is 1.97. The topological polar surface area (TPSA) is 75.4 Å². The van der Waals surface area contributed by atoms with Crippen LogP contribution in [0, 0.1) is 5.82 Å². The standard InChI is InChI=1S/C15H20FN3O2/c1-2-13(20)18-10-6-8-19(9-7-10)15(21)11-4-3-5-12(16)14(11)17/h3-5,10H,2,6-9,17H2,1H3,(H,18,20). The van der Waals surface area contributed by atoms with E-state index < -0.39 is 5.82 Å². The number of likely N-dealkylation sites (tertiary alicyclic amines) is 1. The van der Waals surface area contributed by atoms with E-state index >= 15 is 0 Å². The average Bonchev–Trinajstić information content (AvgIpc) is 2.50. The third-order valence-corrected chi connectivity index (χ3v) is 3.75. The molecule has 21 heavy (non-hydrogen) atoms. The number of nitrogens with one attached hydrogen (secondary N) is 1. The summed E-state index contributed by atoms with van der Waals surface area (Å²) in [4.78, 5) is 25.4. The summed E-state index contributed by atoms with van der Waals surface area (Å²) in [5.41, 5.74) is 5.71. The number of hydrogen-bond acceptors (Lipinski definition) is 3. The molecule has 1 aliphatic rings. The Kier molecular flexibility index (Phi) is 4.77. The van der Waals surface area contributed by atoms with Gasteiger partial charge in [0.2, 0.25) is 5.91 Å². The van der Waals surface area contributed by atoms with E-state index in [-0.39, 0.29) is 29.1 Å². The van der Waals surface area contributed by atoms with Gasteiger partial charge in [0, 0.05) is 25.6 Å². The zero-order valence-electron chi connectivity index (χ0n) is 12.1. The van der Waals surface area contributed by atoms with E-state index in [1.54, 1.807) is 11.8 Å². The molecular weight excluding hydrogens is 273 g/mol. The summed E-state index contributed by atoms with van der Waals surface area (Å²) in [6, 6.07) is 4.35. The Morgan fingerprint density at radius 1 is 1.38 bits per heavy atom. The van der Waals surface area contributed by atoms with E-state index in [0.29, 0.717) is 32.4 Å². The van der Waals surface area contributed by atoms with Gasteiger partial charge in [0.1, 0.15) is 5.82 Å². The molecule has 0 unspecified atom stereocenters. The summed E-state index contributed by atoms with van der Waals surface area (Å²) in [7, 11) is 0. The highest BCUT2D eigenvalue weighted by molar-refractivity contribution is 5.99. The van der Waals surface area contributed by atoms with E-state index in [2.05, 4.69) is 5.32 Å². The summed E-state index contributed by atoms with van der Waals surface area (Å²) in [6.07, 6.45) is 1.86. The number of nitrogen functional groups attached to an aromatic ring is 1. The minimum absolute atomic E-state index is 0.0224.